The van der Waals surface area contributed by atoms with Gasteiger partial charge in [0.25, 0.3) is 5.91 Å². The number of H-pyrrole nitrogens is 1. The summed E-state index contributed by atoms with van der Waals surface area (Å²) in [7, 11) is 1.66. The molecule has 27 heavy (non-hydrogen) atoms. The molecule has 6 nitrogen and oxygen atoms in total. The lowest BCUT2D eigenvalue weighted by atomic mass is 10.0. The molecule has 1 aliphatic rings. The van der Waals surface area contributed by atoms with Crippen LogP contribution >= 0.6 is 0 Å². The van der Waals surface area contributed by atoms with Crippen molar-refractivity contribution in [3.8, 4) is 5.75 Å². The number of benzene rings is 1. The molecule has 1 aromatic heterocycles. The molecule has 1 unspecified atom stereocenters. The minimum Gasteiger partial charge on any atom is -0.497 e. The molecule has 2 N–H and O–H groups in total. The maximum absolute atomic E-state index is 12.5. The van der Waals surface area contributed by atoms with Crippen LogP contribution in [0.4, 0.5) is 0 Å². The number of nitrogens with zero attached hydrogens (tertiary/aromatic N) is 1. The summed E-state index contributed by atoms with van der Waals surface area (Å²) in [6, 6.07) is 9.75. The Labute approximate surface area is 159 Å². The number of carbonyl (C=O) groups is 2. The van der Waals surface area contributed by atoms with Crippen LogP contribution in [0.3, 0.4) is 0 Å². The van der Waals surface area contributed by atoms with Gasteiger partial charge < -0.3 is 15.0 Å². The number of Topliss-reactive ketones (excluding diaryl/α,β-unsaturated/α-hetero) is 1. The third-order valence-corrected chi connectivity index (χ3v) is 5.12. The van der Waals surface area contributed by atoms with Crippen LogP contribution in [-0.2, 0) is 0 Å². The number of methoxy groups -OCH3 is 1. The van der Waals surface area contributed by atoms with Gasteiger partial charge in [-0.2, -0.15) is 0 Å². The Morgan fingerprint density at radius 2 is 1.89 bits per heavy atom. The van der Waals surface area contributed by atoms with Crippen molar-refractivity contribution in [1.82, 2.24) is 15.2 Å². The van der Waals surface area contributed by atoms with Crippen LogP contribution in [0.1, 0.15) is 58.6 Å². The molecule has 0 bridgehead atoms. The Morgan fingerprint density at radius 1 is 1.19 bits per heavy atom. The van der Waals surface area contributed by atoms with E-state index in [1.807, 2.05) is 12.1 Å². The van der Waals surface area contributed by atoms with Crippen LogP contribution < -0.4 is 10.1 Å². The predicted octanol–water partition coefficient (Wildman–Crippen LogP) is 3.18. The normalized spacial score (nSPS) is 15.9. The van der Waals surface area contributed by atoms with Crippen molar-refractivity contribution in [3.05, 3.63) is 53.3 Å². The highest BCUT2D eigenvalue weighted by Crippen LogP contribution is 2.26. The molecule has 1 fully saturated rings. The van der Waals surface area contributed by atoms with E-state index in [1.54, 1.807) is 19.4 Å². The third kappa shape index (κ3) is 4.77. The summed E-state index contributed by atoms with van der Waals surface area (Å²) in [5, 5.41) is 3.02. The summed E-state index contributed by atoms with van der Waals surface area (Å²) in [6.07, 6.45) is 5.19. The zero-order valence-electron chi connectivity index (χ0n) is 16.0. The Bertz CT molecular complexity index is 776. The summed E-state index contributed by atoms with van der Waals surface area (Å²) in [6.45, 7) is 4.06. The molecule has 144 valence electrons. The smallest absolute Gasteiger partial charge is 0.267 e. The Hall–Kier alpha value is -2.60. The molecule has 1 atom stereocenters. The first kappa shape index (κ1) is 19.2. The van der Waals surface area contributed by atoms with Gasteiger partial charge in [0.2, 0.25) is 0 Å². The Balaban J connectivity index is 1.71. The summed E-state index contributed by atoms with van der Waals surface area (Å²) >= 11 is 0. The number of carbonyl (C=O) groups excluding carboxylic acids is 2. The molecular weight excluding hydrogens is 342 g/mol. The van der Waals surface area contributed by atoms with Gasteiger partial charge in [0.15, 0.2) is 5.78 Å². The van der Waals surface area contributed by atoms with Gasteiger partial charge in [0.1, 0.15) is 11.4 Å². The minimum atomic E-state index is -0.196. The van der Waals surface area contributed by atoms with E-state index in [-0.39, 0.29) is 17.7 Å². The van der Waals surface area contributed by atoms with Gasteiger partial charge in [-0.3, -0.25) is 14.5 Å². The van der Waals surface area contributed by atoms with E-state index in [0.29, 0.717) is 17.8 Å². The van der Waals surface area contributed by atoms with Crippen molar-refractivity contribution in [1.29, 1.82) is 0 Å². The molecular formula is C21H27N3O3. The summed E-state index contributed by atoms with van der Waals surface area (Å²) in [4.78, 5) is 29.2. The first-order valence-corrected chi connectivity index (χ1v) is 9.44. The van der Waals surface area contributed by atoms with Crippen LogP contribution in [0.15, 0.2) is 36.5 Å². The number of hydrogen-bond acceptors (Lipinski definition) is 4. The van der Waals surface area contributed by atoms with E-state index in [2.05, 4.69) is 27.3 Å². The maximum Gasteiger partial charge on any atom is 0.267 e. The maximum atomic E-state index is 12.5. The predicted molar refractivity (Wildman–Crippen MR) is 104 cm³/mol. The minimum absolute atomic E-state index is 0.0604. The first-order valence-electron chi connectivity index (χ1n) is 9.44. The molecule has 3 rings (SSSR count). The third-order valence-electron chi connectivity index (χ3n) is 5.12. The van der Waals surface area contributed by atoms with E-state index in [1.165, 1.54) is 26.2 Å². The summed E-state index contributed by atoms with van der Waals surface area (Å²) in [5.41, 5.74) is 2.09. The topological polar surface area (TPSA) is 74.4 Å². The van der Waals surface area contributed by atoms with Gasteiger partial charge in [-0.05, 0) is 56.6 Å². The van der Waals surface area contributed by atoms with Crippen LogP contribution in [0.2, 0.25) is 0 Å². The average molecular weight is 369 g/mol. The summed E-state index contributed by atoms with van der Waals surface area (Å²) < 4.78 is 5.26. The molecule has 0 spiro atoms. The molecule has 0 radical (unpaired) electrons. The lowest BCUT2D eigenvalue weighted by Gasteiger charge is -2.35. The zero-order valence-corrected chi connectivity index (χ0v) is 16.0. The zero-order chi connectivity index (χ0) is 19.2. The second-order valence-corrected chi connectivity index (χ2v) is 6.95. The van der Waals surface area contributed by atoms with Gasteiger partial charge in [0.05, 0.1) is 13.2 Å². The van der Waals surface area contributed by atoms with Gasteiger partial charge in [0, 0.05) is 18.3 Å². The fourth-order valence-electron chi connectivity index (χ4n) is 3.53. The van der Waals surface area contributed by atoms with Crippen LogP contribution in [-0.4, -0.2) is 48.3 Å². The Kier molecular flexibility index (Phi) is 6.29. The highest BCUT2D eigenvalue weighted by atomic mass is 16.5. The van der Waals surface area contributed by atoms with Crippen molar-refractivity contribution >= 4 is 11.7 Å². The second-order valence-electron chi connectivity index (χ2n) is 6.95. The number of ether oxygens (including phenoxy) is 1. The van der Waals surface area contributed by atoms with Crippen molar-refractivity contribution in [3.63, 3.8) is 0 Å². The molecule has 0 saturated carbocycles. The monoisotopic (exact) mass is 369 g/mol. The molecule has 1 amide bonds. The first-order chi connectivity index (χ1) is 13.1. The van der Waals surface area contributed by atoms with E-state index in [0.717, 1.165) is 24.4 Å². The van der Waals surface area contributed by atoms with Crippen LogP contribution in [0, 0.1) is 0 Å². The second kappa shape index (κ2) is 8.86. The number of ketones is 1. The van der Waals surface area contributed by atoms with Gasteiger partial charge in [-0.15, -0.1) is 0 Å². The molecule has 6 heteroatoms. The largest absolute Gasteiger partial charge is 0.497 e. The molecule has 0 aliphatic carbocycles. The van der Waals surface area contributed by atoms with Crippen LogP contribution in [0.5, 0.6) is 5.75 Å². The van der Waals surface area contributed by atoms with Crippen LogP contribution in [0.25, 0.3) is 0 Å². The number of aromatic nitrogens is 1. The standard InChI is InChI=1S/C21H27N3O3/c1-15(25)17-12-19(22-13-17)21(26)23-14-20(24-10-4-3-5-11-24)16-6-8-18(27-2)9-7-16/h6-9,12-13,20,22H,3-5,10-11,14H2,1-2H3,(H,23,26). The number of nitrogens with one attached hydrogen (secondary N) is 2. The molecule has 1 aromatic carbocycles. The fraction of sp³-hybridized carbons (Fsp3) is 0.429. The number of rotatable bonds is 7. The number of aromatic amines is 1. The lowest BCUT2D eigenvalue weighted by molar-refractivity contribution is 0.0920. The Morgan fingerprint density at radius 3 is 2.48 bits per heavy atom. The van der Waals surface area contributed by atoms with E-state index < -0.39 is 0 Å². The SMILES string of the molecule is COc1ccc(C(CNC(=O)c2cc(C(C)=O)c[nH]2)N2CCCCC2)cc1. The van der Waals surface area contributed by atoms with Crippen molar-refractivity contribution in [2.75, 3.05) is 26.7 Å². The van der Waals surface area contributed by atoms with Gasteiger partial charge in [-0.25, -0.2) is 0 Å². The summed E-state index contributed by atoms with van der Waals surface area (Å²) in [5.74, 6) is 0.566. The van der Waals surface area contributed by atoms with Gasteiger partial charge in [-0.1, -0.05) is 18.6 Å². The highest BCUT2D eigenvalue weighted by Gasteiger charge is 2.23. The molecule has 1 saturated heterocycles. The highest BCUT2D eigenvalue weighted by molar-refractivity contribution is 5.99. The fourth-order valence-corrected chi connectivity index (χ4v) is 3.53. The van der Waals surface area contributed by atoms with E-state index in [4.69, 9.17) is 4.74 Å². The number of piperidine rings is 1. The van der Waals surface area contributed by atoms with Crippen molar-refractivity contribution in [2.45, 2.75) is 32.2 Å². The van der Waals surface area contributed by atoms with Crippen molar-refractivity contribution in [2.24, 2.45) is 0 Å². The quantitative estimate of drug-likeness (QED) is 0.735. The lowest BCUT2D eigenvalue weighted by Crippen LogP contribution is -2.40. The number of amides is 1. The average Bonchev–Trinajstić information content (AvgIpc) is 3.20. The molecule has 2 heterocycles. The molecule has 1 aliphatic heterocycles. The van der Waals surface area contributed by atoms with Gasteiger partial charge >= 0.3 is 0 Å². The number of hydrogen-bond donors (Lipinski definition) is 2. The number of likely N-dealkylation sites (tertiary alicyclic amines) is 1. The molecule has 2 aromatic rings. The van der Waals surface area contributed by atoms with E-state index >= 15 is 0 Å². The van der Waals surface area contributed by atoms with Crippen molar-refractivity contribution < 1.29 is 14.3 Å². The van der Waals surface area contributed by atoms with E-state index in [9.17, 15) is 9.59 Å².